The first-order chi connectivity index (χ1) is 12.8. The fourth-order valence-electron chi connectivity index (χ4n) is 5.18. The average Bonchev–Trinajstić information content (AvgIpc) is 3.00. The molecule has 0 bridgehead atoms. The Bertz CT molecular complexity index is 625. The van der Waals surface area contributed by atoms with E-state index in [-0.39, 0.29) is 11.9 Å². The van der Waals surface area contributed by atoms with E-state index in [1.54, 1.807) is 0 Å². The van der Waals surface area contributed by atoms with Crippen molar-refractivity contribution in [2.45, 2.75) is 77.7 Å². The molecule has 1 aromatic rings. The summed E-state index contributed by atoms with van der Waals surface area (Å²) in [4.78, 5) is 3.88. The highest BCUT2D eigenvalue weighted by Crippen LogP contribution is 2.66. The predicted octanol–water partition coefficient (Wildman–Crippen LogP) is 5.96. The Hall–Kier alpha value is -0.493. The van der Waals surface area contributed by atoms with Crippen molar-refractivity contribution in [1.82, 2.24) is 10.3 Å². The number of aromatic nitrogens is 1. The monoisotopic (exact) mass is 412 g/mol. The van der Waals surface area contributed by atoms with Crippen LogP contribution in [0.3, 0.4) is 0 Å². The third-order valence-corrected chi connectivity index (χ3v) is 12.4. The fourth-order valence-corrected chi connectivity index (χ4v) is 8.25. The lowest BCUT2D eigenvalue weighted by Crippen LogP contribution is -2.42. The molecule has 0 spiro atoms. The first kappa shape index (κ1) is 21.2. The molecule has 6 heteroatoms. The summed E-state index contributed by atoms with van der Waals surface area (Å²) in [6, 6.07) is 3.59. The molecule has 0 saturated heterocycles. The van der Waals surface area contributed by atoms with E-state index in [4.69, 9.17) is 16.0 Å². The molecule has 1 aromatic heterocycles. The molecular formula is C21H34ClFN2OSi. The van der Waals surface area contributed by atoms with E-state index in [0.29, 0.717) is 28.6 Å². The van der Waals surface area contributed by atoms with Crippen molar-refractivity contribution in [3.63, 3.8) is 0 Å². The van der Waals surface area contributed by atoms with Gasteiger partial charge in [0, 0.05) is 24.3 Å². The van der Waals surface area contributed by atoms with Gasteiger partial charge < -0.3 is 9.74 Å². The van der Waals surface area contributed by atoms with Gasteiger partial charge in [0.2, 0.25) is 0 Å². The van der Waals surface area contributed by atoms with Crippen LogP contribution >= 0.6 is 11.6 Å². The second-order valence-corrected chi connectivity index (χ2v) is 14.1. The summed E-state index contributed by atoms with van der Waals surface area (Å²) in [6.45, 7) is 11.9. The van der Waals surface area contributed by atoms with E-state index in [0.717, 1.165) is 30.0 Å². The van der Waals surface area contributed by atoms with Gasteiger partial charge in [0.1, 0.15) is 5.82 Å². The van der Waals surface area contributed by atoms with Crippen LogP contribution in [0.15, 0.2) is 12.4 Å². The van der Waals surface area contributed by atoms with Crippen molar-refractivity contribution >= 4 is 19.9 Å². The molecule has 0 radical (unpaired) electrons. The van der Waals surface area contributed by atoms with E-state index in [9.17, 15) is 4.39 Å². The Morgan fingerprint density at radius 3 is 2.33 bits per heavy atom. The van der Waals surface area contributed by atoms with E-state index in [1.807, 2.05) is 0 Å². The van der Waals surface area contributed by atoms with Crippen LogP contribution in [0.5, 0.6) is 0 Å². The first-order valence-electron chi connectivity index (χ1n) is 10.5. The number of nitrogens with zero attached hydrogens (tertiary/aromatic N) is 1. The van der Waals surface area contributed by atoms with Gasteiger partial charge >= 0.3 is 0 Å². The van der Waals surface area contributed by atoms with Crippen molar-refractivity contribution < 1.29 is 8.82 Å². The molecule has 4 atom stereocenters. The Kier molecular flexibility index (Phi) is 6.36. The number of hydrogen-bond donors (Lipinski definition) is 1. The molecule has 0 aromatic carbocycles. The maximum absolute atomic E-state index is 14.6. The van der Waals surface area contributed by atoms with E-state index >= 15 is 0 Å². The summed E-state index contributed by atoms with van der Waals surface area (Å²) in [5, 5.41) is 4.04. The molecule has 3 rings (SSSR count). The highest BCUT2D eigenvalue weighted by atomic mass is 35.5. The molecule has 1 heterocycles. The van der Waals surface area contributed by atoms with Crippen molar-refractivity contribution in [2.24, 2.45) is 17.3 Å². The summed E-state index contributed by atoms with van der Waals surface area (Å²) in [5.41, 5.74) is 0.985. The summed E-state index contributed by atoms with van der Waals surface area (Å²) >= 11 is 6.35. The SMILES string of the molecule is CC[Si](CC)(CC)OC(CN[C@H]1C[C@@H]2[C@H](C1)C2(C)C)c1c(F)cncc1Cl. The molecule has 1 N–H and O–H groups in total. The topological polar surface area (TPSA) is 34.1 Å². The number of hydrogen-bond acceptors (Lipinski definition) is 3. The smallest absolute Gasteiger partial charge is 0.192 e. The largest absolute Gasteiger partial charge is 0.408 e. The number of fused-ring (bicyclic) bond motifs is 1. The second kappa shape index (κ2) is 8.09. The summed E-state index contributed by atoms with van der Waals surface area (Å²) < 4.78 is 21.3. The standard InChI is InChI=1S/C21H34ClFN2OSi/c1-6-27(7-2,8-3)26-19(20-17(22)11-24-12-18(20)23)13-25-14-9-15-16(10-14)21(15,4)5/h11-12,14-16,19,25H,6-10,13H2,1-5H3/t14-,15+,16-,19?. The highest BCUT2D eigenvalue weighted by molar-refractivity contribution is 6.73. The minimum Gasteiger partial charge on any atom is -0.408 e. The first-order valence-corrected chi connectivity index (χ1v) is 13.4. The van der Waals surface area contributed by atoms with Crippen LogP contribution in [0.1, 0.15) is 59.1 Å². The number of rotatable bonds is 9. The summed E-state index contributed by atoms with van der Waals surface area (Å²) in [7, 11) is -1.90. The van der Waals surface area contributed by atoms with Gasteiger partial charge in [-0.2, -0.15) is 0 Å². The van der Waals surface area contributed by atoms with E-state index in [1.165, 1.54) is 25.2 Å². The molecule has 2 fully saturated rings. The Morgan fingerprint density at radius 2 is 1.81 bits per heavy atom. The van der Waals surface area contributed by atoms with Crippen molar-refractivity contribution in [3.05, 3.63) is 28.8 Å². The third-order valence-electron chi connectivity index (χ3n) is 7.49. The van der Waals surface area contributed by atoms with Crippen LogP contribution in [-0.2, 0) is 4.43 Å². The lowest BCUT2D eigenvalue weighted by Gasteiger charge is -2.34. The lowest BCUT2D eigenvalue weighted by molar-refractivity contribution is 0.174. The van der Waals surface area contributed by atoms with Gasteiger partial charge in [-0.05, 0) is 48.2 Å². The minimum absolute atomic E-state index is 0.350. The van der Waals surface area contributed by atoms with Crippen molar-refractivity contribution in [3.8, 4) is 0 Å². The lowest BCUT2D eigenvalue weighted by atomic mass is 9.97. The third kappa shape index (κ3) is 4.12. The molecule has 2 saturated carbocycles. The van der Waals surface area contributed by atoms with E-state index in [2.05, 4.69) is 44.9 Å². The zero-order valence-electron chi connectivity index (χ0n) is 17.3. The Balaban J connectivity index is 1.74. The molecule has 2 aliphatic carbocycles. The number of halogens is 2. The summed E-state index contributed by atoms with van der Waals surface area (Å²) in [5.74, 6) is 1.31. The van der Waals surface area contributed by atoms with Gasteiger partial charge in [0.05, 0.1) is 17.3 Å². The van der Waals surface area contributed by atoms with Crippen LogP contribution in [-0.4, -0.2) is 25.9 Å². The molecule has 0 amide bonds. The zero-order valence-corrected chi connectivity index (χ0v) is 19.1. The molecule has 2 aliphatic rings. The molecule has 1 unspecified atom stereocenters. The number of nitrogens with one attached hydrogen (secondary N) is 1. The van der Waals surface area contributed by atoms with Gasteiger partial charge in [0.15, 0.2) is 8.32 Å². The van der Waals surface area contributed by atoms with Gasteiger partial charge in [-0.15, -0.1) is 0 Å². The second-order valence-electron chi connectivity index (χ2n) is 8.98. The maximum atomic E-state index is 14.6. The highest BCUT2D eigenvalue weighted by Gasteiger charge is 2.61. The predicted molar refractivity (Wildman–Crippen MR) is 112 cm³/mol. The molecule has 0 aliphatic heterocycles. The van der Waals surface area contributed by atoms with Crippen LogP contribution in [0.2, 0.25) is 23.2 Å². The van der Waals surface area contributed by atoms with Gasteiger partial charge in [-0.25, -0.2) is 4.39 Å². The molecule has 152 valence electrons. The fraction of sp³-hybridized carbons (Fsp3) is 0.762. The summed E-state index contributed by atoms with van der Waals surface area (Å²) in [6.07, 6.45) is 4.86. The molecular weight excluding hydrogens is 379 g/mol. The van der Waals surface area contributed by atoms with Crippen molar-refractivity contribution in [2.75, 3.05) is 6.54 Å². The molecule has 3 nitrogen and oxygen atoms in total. The quantitative estimate of drug-likeness (QED) is 0.508. The van der Waals surface area contributed by atoms with E-state index < -0.39 is 8.32 Å². The minimum atomic E-state index is -1.90. The van der Waals surface area contributed by atoms with Crippen LogP contribution in [0, 0.1) is 23.1 Å². The normalized spacial score (nSPS) is 27.4. The number of pyridine rings is 1. The van der Waals surface area contributed by atoms with Crippen molar-refractivity contribution in [1.29, 1.82) is 0 Å². The average molecular weight is 413 g/mol. The van der Waals surface area contributed by atoms with Gasteiger partial charge in [-0.3, -0.25) is 4.98 Å². The van der Waals surface area contributed by atoms with Crippen LogP contribution < -0.4 is 5.32 Å². The van der Waals surface area contributed by atoms with Gasteiger partial charge in [-0.1, -0.05) is 46.2 Å². The van der Waals surface area contributed by atoms with Crippen LogP contribution in [0.25, 0.3) is 0 Å². The van der Waals surface area contributed by atoms with Crippen LogP contribution in [0.4, 0.5) is 4.39 Å². The molecule has 27 heavy (non-hydrogen) atoms. The van der Waals surface area contributed by atoms with Gasteiger partial charge in [0.25, 0.3) is 0 Å². The zero-order chi connectivity index (χ0) is 19.8. The maximum Gasteiger partial charge on any atom is 0.192 e. The Labute approximate surface area is 169 Å². The Morgan fingerprint density at radius 1 is 1.22 bits per heavy atom.